The van der Waals surface area contributed by atoms with Crippen molar-refractivity contribution < 1.29 is 40.5 Å². The van der Waals surface area contributed by atoms with Gasteiger partial charge in [0.2, 0.25) is 0 Å². The van der Waals surface area contributed by atoms with Gasteiger partial charge in [0.1, 0.15) is 6.61 Å². The van der Waals surface area contributed by atoms with Crippen molar-refractivity contribution in [2.75, 3.05) is 45.2 Å². The Balaban J connectivity index is 0.00000320. The van der Waals surface area contributed by atoms with Crippen molar-refractivity contribution in [3.8, 4) is 11.1 Å². The summed E-state index contributed by atoms with van der Waals surface area (Å²) < 4.78 is 11.2. The molecule has 0 saturated carbocycles. The average Bonchev–Trinajstić information content (AvgIpc) is 3.08. The molecular formula is C23H29BrN2O4. The van der Waals surface area contributed by atoms with Gasteiger partial charge in [0.15, 0.2) is 6.54 Å². The molecule has 7 heteroatoms. The fourth-order valence-corrected chi connectivity index (χ4v) is 3.90. The number of esters is 1. The van der Waals surface area contributed by atoms with Gasteiger partial charge in [0.25, 0.3) is 0 Å². The van der Waals surface area contributed by atoms with E-state index in [1.165, 1.54) is 0 Å². The van der Waals surface area contributed by atoms with Crippen LogP contribution in [0.2, 0.25) is 0 Å². The second kappa shape index (κ2) is 11.1. The lowest BCUT2D eigenvalue weighted by Crippen LogP contribution is -3.00. The molecule has 6 nitrogen and oxygen atoms in total. The number of anilines is 1. The molecule has 0 bridgehead atoms. The van der Waals surface area contributed by atoms with Crippen molar-refractivity contribution in [2.24, 2.45) is 5.92 Å². The van der Waals surface area contributed by atoms with Crippen molar-refractivity contribution in [1.29, 1.82) is 0 Å². The Morgan fingerprint density at radius 2 is 1.77 bits per heavy atom. The van der Waals surface area contributed by atoms with Gasteiger partial charge < -0.3 is 30.9 Å². The number of nitrogens with one attached hydrogen (secondary N) is 1. The minimum atomic E-state index is -0.458. The molecule has 1 N–H and O–H groups in total. The maximum atomic E-state index is 12.4. The van der Waals surface area contributed by atoms with E-state index in [1.54, 1.807) is 0 Å². The number of halogens is 1. The second-order valence-electron chi connectivity index (χ2n) is 7.78. The maximum absolute atomic E-state index is 12.4. The lowest BCUT2D eigenvalue weighted by Gasteiger charge is -2.28. The average molecular weight is 477 g/mol. The molecule has 1 aliphatic rings. The molecule has 1 aliphatic heterocycles. The Labute approximate surface area is 188 Å². The van der Waals surface area contributed by atoms with E-state index in [2.05, 4.69) is 5.32 Å². The van der Waals surface area contributed by atoms with E-state index < -0.39 is 6.09 Å². The summed E-state index contributed by atoms with van der Waals surface area (Å²) in [6.07, 6.45) is 0.462. The van der Waals surface area contributed by atoms with Crippen LogP contribution >= 0.6 is 0 Å². The number of likely N-dealkylation sites (tertiary alicyclic amines) is 1. The summed E-state index contributed by atoms with van der Waals surface area (Å²) in [4.78, 5) is 24.2. The third kappa shape index (κ3) is 6.57. The van der Waals surface area contributed by atoms with Crippen molar-refractivity contribution in [1.82, 2.24) is 0 Å². The number of benzene rings is 2. The Morgan fingerprint density at radius 3 is 2.50 bits per heavy atom. The van der Waals surface area contributed by atoms with Crippen LogP contribution in [-0.4, -0.2) is 56.4 Å². The minimum absolute atomic E-state index is 0. The molecule has 2 aromatic carbocycles. The third-order valence-electron chi connectivity index (χ3n) is 5.29. The van der Waals surface area contributed by atoms with Crippen LogP contribution < -0.4 is 22.3 Å². The highest BCUT2D eigenvalue weighted by atomic mass is 79.9. The molecule has 1 unspecified atom stereocenters. The van der Waals surface area contributed by atoms with Crippen LogP contribution in [0.25, 0.3) is 11.1 Å². The zero-order chi connectivity index (χ0) is 20.7. The van der Waals surface area contributed by atoms with Crippen LogP contribution in [0, 0.1) is 5.92 Å². The molecule has 0 spiro atoms. The zero-order valence-corrected chi connectivity index (χ0v) is 19.1. The zero-order valence-electron chi connectivity index (χ0n) is 17.5. The van der Waals surface area contributed by atoms with Crippen LogP contribution in [0.1, 0.15) is 13.3 Å². The number of hydrogen-bond donors (Lipinski definition) is 1. The van der Waals surface area contributed by atoms with Gasteiger partial charge in [0.05, 0.1) is 32.4 Å². The molecule has 1 heterocycles. The van der Waals surface area contributed by atoms with E-state index in [0.29, 0.717) is 24.2 Å². The highest BCUT2D eigenvalue weighted by Gasteiger charge is 2.37. The van der Waals surface area contributed by atoms with Crippen molar-refractivity contribution in [3.63, 3.8) is 0 Å². The first-order chi connectivity index (χ1) is 14.0. The molecule has 162 valence electrons. The number of quaternary nitrogens is 1. The molecule has 1 amide bonds. The molecule has 2 atom stereocenters. The first-order valence-corrected chi connectivity index (χ1v) is 10.1. The molecule has 0 radical (unpaired) electrons. The number of para-hydroxylation sites is 1. The molecule has 3 rings (SSSR count). The van der Waals surface area contributed by atoms with Gasteiger partial charge in [0, 0.05) is 17.9 Å². The highest BCUT2D eigenvalue weighted by Crippen LogP contribution is 2.28. The Hall–Kier alpha value is -2.38. The molecule has 0 aliphatic carbocycles. The summed E-state index contributed by atoms with van der Waals surface area (Å²) >= 11 is 0. The van der Waals surface area contributed by atoms with Gasteiger partial charge in [-0.3, -0.25) is 5.32 Å². The number of rotatable bonds is 7. The predicted octanol–water partition coefficient (Wildman–Crippen LogP) is 0.936. The molecular weight excluding hydrogens is 448 g/mol. The summed E-state index contributed by atoms with van der Waals surface area (Å²) in [6, 6.07) is 17.6. The molecule has 2 aromatic rings. The fraction of sp³-hybridized carbons (Fsp3) is 0.391. The SMILES string of the molecule is CCOC(=O)C[N+]1(C)CC[C@@H](COC(=O)Nc2ccccc2-c2ccccc2)C1.[Br-]. The molecule has 1 saturated heterocycles. The number of ether oxygens (including phenoxy) is 2. The van der Waals surface area contributed by atoms with Crippen LogP contribution in [-0.2, 0) is 14.3 Å². The molecule has 0 aromatic heterocycles. The summed E-state index contributed by atoms with van der Waals surface area (Å²) in [5.74, 6) is 0.0661. The molecule has 1 fully saturated rings. The number of amides is 1. The van der Waals surface area contributed by atoms with E-state index in [4.69, 9.17) is 9.47 Å². The van der Waals surface area contributed by atoms with Gasteiger partial charge in [-0.15, -0.1) is 0 Å². The second-order valence-corrected chi connectivity index (χ2v) is 7.78. The first kappa shape index (κ1) is 23.9. The van der Waals surface area contributed by atoms with Crippen molar-refractivity contribution in [3.05, 3.63) is 54.6 Å². The number of nitrogens with zero attached hydrogens (tertiary/aromatic N) is 1. The van der Waals surface area contributed by atoms with E-state index in [-0.39, 0.29) is 28.9 Å². The Kier molecular flexibility index (Phi) is 8.87. The number of carbonyl (C=O) groups excluding carboxylic acids is 2. The van der Waals surface area contributed by atoms with E-state index in [0.717, 1.165) is 36.3 Å². The van der Waals surface area contributed by atoms with Crippen LogP contribution in [0.3, 0.4) is 0 Å². The summed E-state index contributed by atoms with van der Waals surface area (Å²) in [5, 5.41) is 2.86. The number of likely N-dealkylation sites (N-methyl/N-ethyl adjacent to an activating group) is 1. The van der Waals surface area contributed by atoms with Crippen LogP contribution in [0.15, 0.2) is 54.6 Å². The van der Waals surface area contributed by atoms with Gasteiger partial charge in [-0.2, -0.15) is 0 Å². The minimum Gasteiger partial charge on any atom is -1.00 e. The quantitative estimate of drug-likeness (QED) is 0.477. The fourth-order valence-electron chi connectivity index (χ4n) is 3.90. The Bertz CT molecular complexity index is 846. The van der Waals surface area contributed by atoms with E-state index in [1.807, 2.05) is 68.6 Å². The van der Waals surface area contributed by atoms with E-state index >= 15 is 0 Å². The van der Waals surface area contributed by atoms with E-state index in [9.17, 15) is 9.59 Å². The van der Waals surface area contributed by atoms with Gasteiger partial charge in [-0.1, -0.05) is 48.5 Å². The maximum Gasteiger partial charge on any atom is 0.411 e. The van der Waals surface area contributed by atoms with Crippen molar-refractivity contribution >= 4 is 17.7 Å². The smallest absolute Gasteiger partial charge is 0.411 e. The van der Waals surface area contributed by atoms with Gasteiger partial charge >= 0.3 is 12.1 Å². The lowest BCUT2D eigenvalue weighted by atomic mass is 10.0. The lowest BCUT2D eigenvalue weighted by molar-refractivity contribution is -0.891. The van der Waals surface area contributed by atoms with Crippen molar-refractivity contribution in [2.45, 2.75) is 13.3 Å². The third-order valence-corrected chi connectivity index (χ3v) is 5.29. The number of carbonyl (C=O) groups is 2. The monoisotopic (exact) mass is 476 g/mol. The first-order valence-electron chi connectivity index (χ1n) is 10.1. The summed E-state index contributed by atoms with van der Waals surface area (Å²) in [5.41, 5.74) is 2.70. The summed E-state index contributed by atoms with van der Waals surface area (Å²) in [7, 11) is 2.05. The predicted molar refractivity (Wildman–Crippen MR) is 112 cm³/mol. The van der Waals surface area contributed by atoms with Gasteiger partial charge in [-0.05, 0) is 18.6 Å². The topological polar surface area (TPSA) is 64.6 Å². The highest BCUT2D eigenvalue weighted by molar-refractivity contribution is 5.91. The normalized spacial score (nSPS) is 20.1. The standard InChI is InChI=1S/C23H28N2O4.BrH/c1-3-28-22(26)16-25(2)14-13-18(15-25)17-29-23(27)24-21-12-8-7-11-20(21)19-9-5-4-6-10-19;/h4-12,18H,3,13-17H2,1-2H3;1H/t18-,25?;/m1./s1. The van der Waals surface area contributed by atoms with Gasteiger partial charge in [-0.25, -0.2) is 9.59 Å². The van der Waals surface area contributed by atoms with Crippen LogP contribution in [0.5, 0.6) is 0 Å². The largest absolute Gasteiger partial charge is 1.00 e. The molecule has 30 heavy (non-hydrogen) atoms. The van der Waals surface area contributed by atoms with Crippen LogP contribution in [0.4, 0.5) is 10.5 Å². The Morgan fingerprint density at radius 1 is 1.07 bits per heavy atom. The summed E-state index contributed by atoms with van der Waals surface area (Å²) in [6.45, 7) is 4.60. The number of hydrogen-bond acceptors (Lipinski definition) is 4.